The molecule has 1 fully saturated rings. The molecule has 2 aromatic rings. The van der Waals surface area contributed by atoms with Crippen LogP contribution in [-0.2, 0) is 6.54 Å². The van der Waals surface area contributed by atoms with Gasteiger partial charge < -0.3 is 25.0 Å². The van der Waals surface area contributed by atoms with Crippen LogP contribution in [0.3, 0.4) is 0 Å². The molecule has 0 spiro atoms. The third kappa shape index (κ3) is 6.02. The van der Waals surface area contributed by atoms with Gasteiger partial charge in [0.2, 0.25) is 0 Å². The number of hydrogen-bond acceptors (Lipinski definition) is 5. The summed E-state index contributed by atoms with van der Waals surface area (Å²) < 4.78 is 11.0. The number of methoxy groups -OCH3 is 1. The summed E-state index contributed by atoms with van der Waals surface area (Å²) in [6, 6.07) is 9.96. The smallest absolute Gasteiger partial charge is 0.195 e. The molecule has 1 aromatic carbocycles. The zero-order valence-corrected chi connectivity index (χ0v) is 18.3. The van der Waals surface area contributed by atoms with E-state index in [0.29, 0.717) is 30.6 Å². The normalized spacial score (nSPS) is 14.8. The number of hydrogen-bond donors (Lipinski definition) is 2. The first-order valence-electron chi connectivity index (χ1n) is 10.7. The number of nitrogens with one attached hydrogen (secondary N) is 2. The summed E-state index contributed by atoms with van der Waals surface area (Å²) in [5.74, 6) is 3.17. The second kappa shape index (κ2) is 11.3. The molecule has 1 saturated heterocycles. The average Bonchev–Trinajstić information content (AvgIpc) is 3.07. The van der Waals surface area contributed by atoms with Crippen molar-refractivity contribution in [2.24, 2.45) is 4.99 Å². The van der Waals surface area contributed by atoms with E-state index in [4.69, 9.17) is 9.47 Å². The van der Waals surface area contributed by atoms with Crippen LogP contribution in [0, 0.1) is 0 Å². The quantitative estimate of drug-likeness (QED) is 0.529. The predicted octanol–water partition coefficient (Wildman–Crippen LogP) is 4.06. The molecule has 1 aliphatic heterocycles. The van der Waals surface area contributed by atoms with E-state index in [1.165, 1.54) is 31.2 Å². The molecule has 1 aromatic heterocycles. The summed E-state index contributed by atoms with van der Waals surface area (Å²) in [6.45, 7) is 5.37. The largest absolute Gasteiger partial charge is 0.493 e. The Morgan fingerprint density at radius 2 is 1.90 bits per heavy atom. The van der Waals surface area contributed by atoms with Crippen LogP contribution in [0.4, 0.5) is 11.5 Å². The van der Waals surface area contributed by atoms with E-state index in [1.54, 1.807) is 14.2 Å². The first kappa shape index (κ1) is 21.7. The van der Waals surface area contributed by atoms with Crippen LogP contribution in [0.2, 0.25) is 0 Å². The van der Waals surface area contributed by atoms with Crippen LogP contribution < -0.4 is 25.0 Å². The Hall–Kier alpha value is -2.96. The van der Waals surface area contributed by atoms with Gasteiger partial charge in [-0.2, -0.15) is 0 Å². The van der Waals surface area contributed by atoms with Gasteiger partial charge in [0.1, 0.15) is 5.82 Å². The summed E-state index contributed by atoms with van der Waals surface area (Å²) in [7, 11) is 3.40. The number of guanidine groups is 1. The van der Waals surface area contributed by atoms with Crippen molar-refractivity contribution in [2.75, 3.05) is 44.1 Å². The van der Waals surface area contributed by atoms with Crippen LogP contribution in [0.1, 0.15) is 38.2 Å². The Labute approximate surface area is 179 Å². The van der Waals surface area contributed by atoms with Crippen LogP contribution in [-0.4, -0.2) is 44.8 Å². The molecule has 30 heavy (non-hydrogen) atoms. The Morgan fingerprint density at radius 1 is 1.10 bits per heavy atom. The summed E-state index contributed by atoms with van der Waals surface area (Å²) >= 11 is 0. The molecule has 0 radical (unpaired) electrons. The van der Waals surface area contributed by atoms with E-state index >= 15 is 0 Å². The average molecular weight is 412 g/mol. The molecule has 0 amide bonds. The topological polar surface area (TPSA) is 71.0 Å². The van der Waals surface area contributed by atoms with E-state index in [2.05, 4.69) is 31.6 Å². The van der Waals surface area contributed by atoms with Crippen molar-refractivity contribution in [3.05, 3.63) is 42.1 Å². The standard InChI is InChI=1S/C23H33N5O2/c1-4-30-21-16-19(9-10-20(21)29-3)27-23(24-2)26-17-18-11-12-25-22(15-18)28-13-7-5-6-8-14-28/h9-12,15-16H,4-8,13-14,17H2,1-3H3,(H2,24,26,27). The van der Waals surface area contributed by atoms with Gasteiger partial charge in [0, 0.05) is 44.6 Å². The lowest BCUT2D eigenvalue weighted by Crippen LogP contribution is -2.30. The fourth-order valence-corrected chi connectivity index (χ4v) is 3.57. The van der Waals surface area contributed by atoms with Gasteiger partial charge in [0.15, 0.2) is 17.5 Å². The molecule has 162 valence electrons. The third-order valence-corrected chi connectivity index (χ3v) is 5.15. The van der Waals surface area contributed by atoms with E-state index in [9.17, 15) is 0 Å². The highest BCUT2D eigenvalue weighted by Crippen LogP contribution is 2.30. The second-order valence-electron chi connectivity index (χ2n) is 7.27. The first-order chi connectivity index (χ1) is 14.7. The lowest BCUT2D eigenvalue weighted by atomic mass is 10.2. The number of ether oxygens (including phenoxy) is 2. The lowest BCUT2D eigenvalue weighted by molar-refractivity contribution is 0.311. The number of nitrogens with zero attached hydrogens (tertiary/aromatic N) is 3. The molecule has 2 N–H and O–H groups in total. The van der Waals surface area contributed by atoms with Crippen molar-refractivity contribution in [3.8, 4) is 11.5 Å². The molecule has 0 bridgehead atoms. The van der Waals surface area contributed by atoms with Crippen LogP contribution in [0.5, 0.6) is 11.5 Å². The molecular formula is C23H33N5O2. The maximum Gasteiger partial charge on any atom is 0.195 e. The Morgan fingerprint density at radius 3 is 2.60 bits per heavy atom. The fourth-order valence-electron chi connectivity index (χ4n) is 3.57. The van der Waals surface area contributed by atoms with Gasteiger partial charge in [-0.15, -0.1) is 0 Å². The SMILES string of the molecule is CCOc1cc(NC(=NC)NCc2ccnc(N3CCCCCC3)c2)ccc1OC. The first-order valence-corrected chi connectivity index (χ1v) is 10.7. The minimum atomic E-state index is 0.578. The number of benzene rings is 1. The zero-order valence-electron chi connectivity index (χ0n) is 18.3. The maximum atomic E-state index is 5.66. The molecular weight excluding hydrogens is 378 g/mol. The molecule has 7 nitrogen and oxygen atoms in total. The monoisotopic (exact) mass is 411 g/mol. The molecule has 2 heterocycles. The molecule has 0 atom stereocenters. The number of anilines is 2. The molecule has 7 heteroatoms. The summed E-state index contributed by atoms with van der Waals surface area (Å²) in [4.78, 5) is 11.3. The molecule has 0 unspecified atom stereocenters. The highest BCUT2D eigenvalue weighted by atomic mass is 16.5. The van der Waals surface area contributed by atoms with E-state index < -0.39 is 0 Å². The molecule has 3 rings (SSSR count). The van der Waals surface area contributed by atoms with Gasteiger partial charge in [-0.05, 0) is 49.6 Å². The Kier molecular flexibility index (Phi) is 8.18. The molecule has 1 aliphatic rings. The van der Waals surface area contributed by atoms with Crippen molar-refractivity contribution < 1.29 is 9.47 Å². The number of aromatic nitrogens is 1. The minimum Gasteiger partial charge on any atom is -0.493 e. The van der Waals surface area contributed by atoms with E-state index in [1.807, 2.05) is 37.4 Å². The minimum absolute atomic E-state index is 0.578. The summed E-state index contributed by atoms with van der Waals surface area (Å²) in [5.41, 5.74) is 2.06. The van der Waals surface area contributed by atoms with Crippen molar-refractivity contribution >= 4 is 17.5 Å². The maximum absolute atomic E-state index is 5.66. The van der Waals surface area contributed by atoms with Crippen molar-refractivity contribution in [1.82, 2.24) is 10.3 Å². The van der Waals surface area contributed by atoms with Gasteiger partial charge in [-0.1, -0.05) is 12.8 Å². The fraction of sp³-hybridized carbons (Fsp3) is 0.478. The highest BCUT2D eigenvalue weighted by Gasteiger charge is 2.12. The van der Waals surface area contributed by atoms with Gasteiger partial charge in [-0.3, -0.25) is 4.99 Å². The summed E-state index contributed by atoms with van der Waals surface area (Å²) in [6.07, 6.45) is 7.01. The van der Waals surface area contributed by atoms with Crippen LogP contribution >= 0.6 is 0 Å². The number of aliphatic imine (C=N–C) groups is 1. The van der Waals surface area contributed by atoms with Gasteiger partial charge in [0.05, 0.1) is 13.7 Å². The lowest BCUT2D eigenvalue weighted by Gasteiger charge is -2.22. The zero-order chi connectivity index (χ0) is 21.2. The predicted molar refractivity (Wildman–Crippen MR) is 123 cm³/mol. The van der Waals surface area contributed by atoms with E-state index in [0.717, 1.165) is 24.6 Å². The number of pyridine rings is 1. The second-order valence-corrected chi connectivity index (χ2v) is 7.27. The van der Waals surface area contributed by atoms with Crippen molar-refractivity contribution in [2.45, 2.75) is 39.2 Å². The summed E-state index contributed by atoms with van der Waals surface area (Å²) in [5, 5.41) is 6.69. The molecule has 0 saturated carbocycles. The van der Waals surface area contributed by atoms with E-state index in [-0.39, 0.29) is 0 Å². The molecule has 0 aliphatic carbocycles. The van der Waals surface area contributed by atoms with Crippen molar-refractivity contribution in [1.29, 1.82) is 0 Å². The van der Waals surface area contributed by atoms with Gasteiger partial charge >= 0.3 is 0 Å². The van der Waals surface area contributed by atoms with Gasteiger partial charge in [0.25, 0.3) is 0 Å². The third-order valence-electron chi connectivity index (χ3n) is 5.15. The number of rotatable bonds is 7. The Balaban J connectivity index is 1.62. The van der Waals surface area contributed by atoms with Crippen LogP contribution in [0.25, 0.3) is 0 Å². The highest BCUT2D eigenvalue weighted by molar-refractivity contribution is 5.93. The van der Waals surface area contributed by atoms with Crippen molar-refractivity contribution in [3.63, 3.8) is 0 Å². The van der Waals surface area contributed by atoms with Crippen LogP contribution in [0.15, 0.2) is 41.5 Å². The van der Waals surface area contributed by atoms with Gasteiger partial charge in [-0.25, -0.2) is 4.98 Å². The Bertz CT molecular complexity index is 832.